The Morgan fingerprint density at radius 1 is 1.00 bits per heavy atom. The van der Waals surface area contributed by atoms with Crippen LogP contribution in [0.3, 0.4) is 0 Å². The minimum absolute atomic E-state index is 0.0377. The highest BCUT2D eigenvalue weighted by Crippen LogP contribution is 2.38. The van der Waals surface area contributed by atoms with Crippen LogP contribution in [0.1, 0.15) is 58.5 Å². The van der Waals surface area contributed by atoms with Crippen molar-refractivity contribution in [2.24, 2.45) is 0 Å². The molecule has 2 amide bonds. The Morgan fingerprint density at radius 3 is 2.41 bits per heavy atom. The Morgan fingerprint density at radius 2 is 1.75 bits per heavy atom. The van der Waals surface area contributed by atoms with E-state index in [0.717, 1.165) is 53.3 Å². The zero-order valence-corrected chi connectivity index (χ0v) is 19.4. The number of rotatable bonds is 4. The maximum absolute atomic E-state index is 13.8. The third-order valence-corrected chi connectivity index (χ3v) is 6.88. The molecular weight excluding hydrogens is 396 g/mol. The number of nitrogens with zero attached hydrogens (tertiary/aromatic N) is 4. The second-order valence-corrected chi connectivity index (χ2v) is 9.31. The highest BCUT2D eigenvalue weighted by Gasteiger charge is 2.40. The van der Waals surface area contributed by atoms with Crippen molar-refractivity contribution in [3.05, 3.63) is 81.8 Å². The summed E-state index contributed by atoms with van der Waals surface area (Å²) in [6, 6.07) is 12.9. The minimum Gasteiger partial charge on any atom is -0.289 e. The number of anilines is 2. The van der Waals surface area contributed by atoms with Crippen molar-refractivity contribution in [2.45, 2.75) is 66.0 Å². The van der Waals surface area contributed by atoms with Gasteiger partial charge in [0, 0.05) is 24.2 Å². The Labute approximate surface area is 190 Å². The van der Waals surface area contributed by atoms with E-state index in [1.54, 1.807) is 0 Å². The van der Waals surface area contributed by atoms with Gasteiger partial charge in [-0.2, -0.15) is 0 Å². The molecule has 1 saturated carbocycles. The van der Waals surface area contributed by atoms with Crippen LogP contribution in [0.4, 0.5) is 16.3 Å². The molecule has 32 heavy (non-hydrogen) atoms. The average molecular weight is 427 g/mol. The van der Waals surface area contributed by atoms with Gasteiger partial charge in [-0.25, -0.2) is 14.8 Å². The second-order valence-electron chi connectivity index (χ2n) is 9.31. The number of carbonyl (C=O) groups excluding carboxylic acids is 1. The molecule has 0 atom stereocenters. The summed E-state index contributed by atoms with van der Waals surface area (Å²) in [5, 5.41) is 0. The molecule has 2 heterocycles. The molecule has 0 N–H and O–H groups in total. The summed E-state index contributed by atoms with van der Waals surface area (Å²) in [6.07, 6.45) is 5.82. The highest BCUT2D eigenvalue weighted by molar-refractivity contribution is 6.06. The normalized spacial score (nSPS) is 16.2. The molecule has 0 radical (unpaired) electrons. The first-order valence-corrected chi connectivity index (χ1v) is 11.5. The summed E-state index contributed by atoms with van der Waals surface area (Å²) in [4.78, 5) is 27.3. The Balaban J connectivity index is 1.54. The van der Waals surface area contributed by atoms with Crippen molar-refractivity contribution in [3.8, 4) is 0 Å². The van der Waals surface area contributed by atoms with Crippen molar-refractivity contribution in [2.75, 3.05) is 9.80 Å². The molecule has 0 bridgehead atoms. The van der Waals surface area contributed by atoms with Crippen LogP contribution in [0.15, 0.2) is 42.6 Å². The molecule has 1 fully saturated rings. The molecule has 3 aromatic rings. The monoisotopic (exact) mass is 426 g/mol. The topological polar surface area (TPSA) is 49.3 Å². The summed E-state index contributed by atoms with van der Waals surface area (Å²) in [5.74, 6) is 1.57. The number of aromatic nitrogens is 2. The summed E-state index contributed by atoms with van der Waals surface area (Å²) in [5.41, 5.74) is 7.98. The van der Waals surface area contributed by atoms with E-state index in [1.165, 1.54) is 16.7 Å². The first kappa shape index (κ1) is 20.7. The number of hydrogen-bond donors (Lipinski definition) is 0. The average Bonchev–Trinajstić information content (AvgIpc) is 2.71. The smallest absolute Gasteiger partial charge is 0.289 e. The fourth-order valence-electron chi connectivity index (χ4n) is 4.89. The third kappa shape index (κ3) is 3.56. The van der Waals surface area contributed by atoms with Gasteiger partial charge in [-0.3, -0.25) is 9.80 Å². The maximum atomic E-state index is 13.8. The summed E-state index contributed by atoms with van der Waals surface area (Å²) >= 11 is 0. The Bertz CT molecular complexity index is 1180. The van der Waals surface area contributed by atoms with Gasteiger partial charge in [0.15, 0.2) is 0 Å². The third-order valence-electron chi connectivity index (χ3n) is 6.88. The van der Waals surface area contributed by atoms with Gasteiger partial charge in [0.2, 0.25) is 0 Å². The van der Waals surface area contributed by atoms with Crippen LogP contribution in [0.25, 0.3) is 0 Å². The van der Waals surface area contributed by atoms with E-state index in [1.807, 2.05) is 22.1 Å². The van der Waals surface area contributed by atoms with Crippen LogP contribution >= 0.6 is 0 Å². The lowest BCUT2D eigenvalue weighted by atomic mass is 9.90. The number of benzene rings is 2. The fraction of sp³-hybridized carbons (Fsp3) is 0.370. The number of urea groups is 1. The maximum Gasteiger partial charge on any atom is 0.330 e. The molecule has 0 unspecified atom stereocenters. The van der Waals surface area contributed by atoms with Crippen LogP contribution in [-0.4, -0.2) is 22.0 Å². The van der Waals surface area contributed by atoms with E-state index in [2.05, 4.69) is 58.0 Å². The SMILES string of the molecule is Cc1ccc(Cc2ncc3c(n2)N(C2CCC2)C(=O)N(c2c(C)cccc2C)C3)c(C)c1. The molecule has 2 aromatic carbocycles. The molecule has 0 spiro atoms. The standard InChI is InChI=1S/C27H30N4O/c1-17-11-12-21(20(4)13-17)14-24-28-15-22-16-30(25-18(2)7-5-8-19(25)3)27(32)31(26(22)29-24)23-9-6-10-23/h5,7-8,11-13,15,23H,6,9-10,14,16H2,1-4H3. The number of amides is 2. The first-order chi connectivity index (χ1) is 15.4. The molecule has 5 nitrogen and oxygen atoms in total. The number of aryl methyl sites for hydroxylation is 4. The molecule has 164 valence electrons. The van der Waals surface area contributed by atoms with E-state index in [0.29, 0.717) is 13.0 Å². The van der Waals surface area contributed by atoms with Gasteiger partial charge < -0.3 is 0 Å². The molecule has 2 aliphatic rings. The van der Waals surface area contributed by atoms with Crippen molar-refractivity contribution in [3.63, 3.8) is 0 Å². The predicted molar refractivity (Wildman–Crippen MR) is 128 cm³/mol. The highest BCUT2D eigenvalue weighted by atomic mass is 16.2. The van der Waals surface area contributed by atoms with Gasteiger partial charge in [0.25, 0.3) is 0 Å². The fourth-order valence-corrected chi connectivity index (χ4v) is 4.89. The first-order valence-electron chi connectivity index (χ1n) is 11.5. The number of hydrogen-bond acceptors (Lipinski definition) is 3. The van der Waals surface area contributed by atoms with E-state index in [-0.39, 0.29) is 12.1 Å². The molecule has 5 heteroatoms. The van der Waals surface area contributed by atoms with Crippen molar-refractivity contribution in [1.82, 2.24) is 9.97 Å². The van der Waals surface area contributed by atoms with E-state index in [9.17, 15) is 4.79 Å². The van der Waals surface area contributed by atoms with Gasteiger partial charge in [-0.15, -0.1) is 0 Å². The molecule has 5 rings (SSSR count). The Kier molecular flexibility index (Phi) is 5.20. The predicted octanol–water partition coefficient (Wildman–Crippen LogP) is 5.80. The summed E-state index contributed by atoms with van der Waals surface area (Å²) in [7, 11) is 0. The van der Waals surface area contributed by atoms with Crippen molar-refractivity contribution >= 4 is 17.5 Å². The van der Waals surface area contributed by atoms with Crippen LogP contribution in [0, 0.1) is 27.7 Å². The molecule has 1 aliphatic heterocycles. The van der Waals surface area contributed by atoms with E-state index in [4.69, 9.17) is 9.97 Å². The van der Waals surface area contributed by atoms with Crippen LogP contribution in [0.5, 0.6) is 0 Å². The summed E-state index contributed by atoms with van der Waals surface area (Å²) in [6.45, 7) is 8.89. The van der Waals surface area contributed by atoms with Crippen molar-refractivity contribution in [1.29, 1.82) is 0 Å². The Hall–Kier alpha value is -3.21. The second kappa shape index (κ2) is 8.05. The quantitative estimate of drug-likeness (QED) is 0.530. The molecule has 0 saturated heterocycles. The van der Waals surface area contributed by atoms with Crippen LogP contribution in [-0.2, 0) is 13.0 Å². The zero-order chi connectivity index (χ0) is 22.4. The van der Waals surface area contributed by atoms with Gasteiger partial charge in [-0.1, -0.05) is 42.0 Å². The van der Waals surface area contributed by atoms with Crippen LogP contribution < -0.4 is 9.80 Å². The van der Waals surface area contributed by atoms with Gasteiger partial charge in [-0.05, 0) is 69.2 Å². The van der Waals surface area contributed by atoms with E-state index >= 15 is 0 Å². The molecule has 1 aromatic heterocycles. The van der Waals surface area contributed by atoms with Gasteiger partial charge >= 0.3 is 6.03 Å². The van der Waals surface area contributed by atoms with E-state index < -0.39 is 0 Å². The molecule has 1 aliphatic carbocycles. The number of carbonyl (C=O) groups is 1. The summed E-state index contributed by atoms with van der Waals surface area (Å²) < 4.78 is 0. The zero-order valence-electron chi connectivity index (χ0n) is 19.4. The van der Waals surface area contributed by atoms with Gasteiger partial charge in [0.05, 0.1) is 12.2 Å². The number of para-hydroxylation sites is 1. The number of fused-ring (bicyclic) bond motifs is 1. The largest absolute Gasteiger partial charge is 0.330 e. The lowest BCUT2D eigenvalue weighted by Gasteiger charge is -2.44. The molecular formula is C27H30N4O. The minimum atomic E-state index is 0.0377. The van der Waals surface area contributed by atoms with Gasteiger partial charge in [0.1, 0.15) is 11.6 Å². The lowest BCUT2D eigenvalue weighted by Crippen LogP contribution is -2.54. The van der Waals surface area contributed by atoms with Crippen LogP contribution in [0.2, 0.25) is 0 Å². The van der Waals surface area contributed by atoms with Crippen molar-refractivity contribution < 1.29 is 4.79 Å². The lowest BCUT2D eigenvalue weighted by molar-refractivity contribution is 0.242.